The highest BCUT2D eigenvalue weighted by Crippen LogP contribution is 2.32. The number of alkyl halides is 2. The van der Waals surface area contributed by atoms with Gasteiger partial charge in [-0.15, -0.1) is 0 Å². The molecule has 0 bridgehead atoms. The summed E-state index contributed by atoms with van der Waals surface area (Å²) in [5, 5.41) is 12.2. The van der Waals surface area contributed by atoms with Crippen LogP contribution >= 0.6 is 0 Å². The van der Waals surface area contributed by atoms with E-state index in [4.69, 9.17) is 5.11 Å². The van der Waals surface area contributed by atoms with E-state index in [1.165, 1.54) is 17.8 Å². The molecule has 0 amide bonds. The monoisotopic (exact) mass is 226 g/mol. The number of carboxylic acids is 1. The number of aromatic nitrogens is 2. The number of aryl methyl sites for hydroxylation is 1. The largest absolute Gasteiger partial charge is 0.476 e. The molecule has 0 aliphatic rings. The Morgan fingerprint density at radius 2 is 2.06 bits per heavy atom. The maximum absolute atomic E-state index is 13.3. The number of carbonyl (C=O) groups is 1. The number of nitrogens with zero attached hydrogens (tertiary/aromatic N) is 2. The highest BCUT2D eigenvalue weighted by atomic mass is 19.3. The van der Waals surface area contributed by atoms with Crippen molar-refractivity contribution < 1.29 is 18.7 Å². The highest BCUT2D eigenvalue weighted by Gasteiger charge is 2.45. The molecule has 0 fully saturated rings. The van der Waals surface area contributed by atoms with Crippen molar-refractivity contribution in [1.82, 2.24) is 9.78 Å². The van der Waals surface area contributed by atoms with Gasteiger partial charge in [0.05, 0.1) is 5.52 Å². The lowest BCUT2D eigenvalue weighted by molar-refractivity contribution is -0.166. The molecule has 0 unspecified atom stereocenters. The van der Waals surface area contributed by atoms with Gasteiger partial charge < -0.3 is 5.11 Å². The maximum atomic E-state index is 13.3. The third-order valence-corrected chi connectivity index (χ3v) is 2.32. The van der Waals surface area contributed by atoms with E-state index in [0.29, 0.717) is 5.52 Å². The normalized spacial score (nSPS) is 11.9. The third kappa shape index (κ3) is 1.34. The lowest BCUT2D eigenvalue weighted by Crippen LogP contribution is -2.26. The van der Waals surface area contributed by atoms with Crippen molar-refractivity contribution in [2.24, 2.45) is 7.05 Å². The lowest BCUT2D eigenvalue weighted by Gasteiger charge is -2.07. The molecule has 2 rings (SSSR count). The van der Waals surface area contributed by atoms with Crippen LogP contribution in [0.3, 0.4) is 0 Å². The first-order valence-electron chi connectivity index (χ1n) is 4.48. The summed E-state index contributed by atoms with van der Waals surface area (Å²) in [6.07, 6.45) is 0. The van der Waals surface area contributed by atoms with Crippen molar-refractivity contribution in [3.63, 3.8) is 0 Å². The standard InChI is InChI=1S/C10H8F2N2O2/c1-14-7-5-3-2-4-6(7)8(13-14)10(11,12)9(15)16/h2-5H,1H3,(H,15,16). The summed E-state index contributed by atoms with van der Waals surface area (Å²) in [6, 6.07) is 6.26. The Morgan fingerprint density at radius 1 is 1.44 bits per heavy atom. The fraction of sp³-hybridized carbons (Fsp3) is 0.200. The third-order valence-electron chi connectivity index (χ3n) is 2.32. The number of rotatable bonds is 2. The second kappa shape index (κ2) is 3.26. The van der Waals surface area contributed by atoms with Crippen LogP contribution < -0.4 is 0 Å². The fourth-order valence-electron chi connectivity index (χ4n) is 1.55. The van der Waals surface area contributed by atoms with E-state index in [1.807, 2.05) is 0 Å². The van der Waals surface area contributed by atoms with Crippen molar-refractivity contribution in [3.8, 4) is 0 Å². The van der Waals surface area contributed by atoms with E-state index < -0.39 is 17.6 Å². The molecule has 2 aromatic rings. The molecule has 84 valence electrons. The number of fused-ring (bicyclic) bond motifs is 1. The van der Waals surface area contributed by atoms with Crippen LogP contribution in [0.4, 0.5) is 8.78 Å². The SMILES string of the molecule is Cn1nc(C(F)(F)C(=O)O)c2ccccc21. The molecule has 0 atom stereocenters. The summed E-state index contributed by atoms with van der Waals surface area (Å²) in [5.41, 5.74) is -0.253. The smallest absolute Gasteiger partial charge is 0.386 e. The van der Waals surface area contributed by atoms with Crippen LogP contribution in [0.2, 0.25) is 0 Å². The van der Waals surface area contributed by atoms with E-state index >= 15 is 0 Å². The molecule has 1 aromatic carbocycles. The van der Waals surface area contributed by atoms with Gasteiger partial charge in [-0.2, -0.15) is 13.9 Å². The summed E-state index contributed by atoms with van der Waals surface area (Å²) in [6.45, 7) is 0. The molecule has 4 nitrogen and oxygen atoms in total. The van der Waals surface area contributed by atoms with Gasteiger partial charge in [0.1, 0.15) is 0 Å². The Morgan fingerprint density at radius 3 is 2.69 bits per heavy atom. The van der Waals surface area contributed by atoms with Crippen molar-refractivity contribution in [2.75, 3.05) is 0 Å². The summed E-state index contributed by atoms with van der Waals surface area (Å²) in [4.78, 5) is 10.5. The number of para-hydroxylation sites is 1. The van der Waals surface area contributed by atoms with Crippen LogP contribution in [-0.4, -0.2) is 20.9 Å². The van der Waals surface area contributed by atoms with Gasteiger partial charge in [-0.05, 0) is 6.07 Å². The quantitative estimate of drug-likeness (QED) is 0.848. The van der Waals surface area contributed by atoms with Crippen molar-refractivity contribution >= 4 is 16.9 Å². The Balaban J connectivity index is 2.75. The molecule has 1 N–H and O–H groups in total. The predicted molar refractivity (Wildman–Crippen MR) is 52.2 cm³/mol. The fourth-order valence-corrected chi connectivity index (χ4v) is 1.55. The number of hydrogen-bond donors (Lipinski definition) is 1. The van der Waals surface area contributed by atoms with Crippen molar-refractivity contribution in [3.05, 3.63) is 30.0 Å². The summed E-state index contributed by atoms with van der Waals surface area (Å²) >= 11 is 0. The lowest BCUT2D eigenvalue weighted by atomic mass is 10.1. The molecule has 0 aliphatic carbocycles. The van der Waals surface area contributed by atoms with Gasteiger partial charge in [-0.3, -0.25) is 4.68 Å². The molecule has 16 heavy (non-hydrogen) atoms. The molecule has 0 radical (unpaired) electrons. The number of aliphatic carboxylic acids is 1. The first-order valence-corrected chi connectivity index (χ1v) is 4.48. The van der Waals surface area contributed by atoms with Gasteiger partial charge in [-0.25, -0.2) is 4.79 Å². The van der Waals surface area contributed by atoms with E-state index in [2.05, 4.69) is 5.10 Å². The van der Waals surface area contributed by atoms with Crippen LogP contribution in [0.15, 0.2) is 24.3 Å². The molecule has 0 spiro atoms. The van der Waals surface area contributed by atoms with Crippen LogP contribution in [0.25, 0.3) is 10.9 Å². The van der Waals surface area contributed by atoms with Gasteiger partial charge in [0.25, 0.3) is 0 Å². The van der Waals surface area contributed by atoms with Crippen molar-refractivity contribution in [1.29, 1.82) is 0 Å². The number of benzene rings is 1. The minimum Gasteiger partial charge on any atom is -0.476 e. The van der Waals surface area contributed by atoms with Gasteiger partial charge in [0, 0.05) is 12.4 Å². The van der Waals surface area contributed by atoms with Crippen LogP contribution in [0.5, 0.6) is 0 Å². The summed E-state index contributed by atoms with van der Waals surface area (Å²) in [5.74, 6) is -6.17. The molecule has 0 aliphatic heterocycles. The van der Waals surface area contributed by atoms with E-state index in [1.54, 1.807) is 18.2 Å². The van der Waals surface area contributed by atoms with Gasteiger partial charge in [0.15, 0.2) is 5.69 Å². The predicted octanol–water partition coefficient (Wildman–Crippen LogP) is 1.75. The Hall–Kier alpha value is -1.98. The minimum absolute atomic E-state index is 0.150. The molecular weight excluding hydrogens is 218 g/mol. The second-order valence-corrected chi connectivity index (χ2v) is 3.37. The molecule has 0 saturated heterocycles. The van der Waals surface area contributed by atoms with Gasteiger partial charge in [-0.1, -0.05) is 18.2 Å². The Bertz CT molecular complexity index is 563. The van der Waals surface area contributed by atoms with Crippen LogP contribution in [-0.2, 0) is 17.8 Å². The van der Waals surface area contributed by atoms with Gasteiger partial charge >= 0.3 is 11.9 Å². The van der Waals surface area contributed by atoms with Crippen molar-refractivity contribution in [2.45, 2.75) is 5.92 Å². The van der Waals surface area contributed by atoms with E-state index in [-0.39, 0.29) is 5.39 Å². The number of halogens is 2. The molecule has 1 heterocycles. The first kappa shape index (κ1) is 10.5. The molecular formula is C10H8F2N2O2. The zero-order chi connectivity index (χ0) is 11.9. The van der Waals surface area contributed by atoms with Crippen LogP contribution in [0, 0.1) is 0 Å². The average Bonchev–Trinajstić information content (AvgIpc) is 2.57. The zero-order valence-corrected chi connectivity index (χ0v) is 8.32. The Labute approximate surface area is 89.1 Å². The van der Waals surface area contributed by atoms with Crippen LogP contribution in [0.1, 0.15) is 5.69 Å². The summed E-state index contributed by atoms with van der Waals surface area (Å²) < 4.78 is 27.9. The average molecular weight is 226 g/mol. The highest BCUT2D eigenvalue weighted by molar-refractivity contribution is 5.88. The molecule has 6 heteroatoms. The Kier molecular flexibility index (Phi) is 2.15. The number of hydrogen-bond acceptors (Lipinski definition) is 2. The zero-order valence-electron chi connectivity index (χ0n) is 8.32. The first-order chi connectivity index (χ1) is 7.44. The maximum Gasteiger partial charge on any atom is 0.386 e. The molecule has 1 aromatic heterocycles. The minimum atomic E-state index is -3.97. The summed E-state index contributed by atoms with van der Waals surface area (Å²) in [7, 11) is 1.49. The van der Waals surface area contributed by atoms with E-state index in [0.717, 1.165) is 0 Å². The van der Waals surface area contributed by atoms with E-state index in [9.17, 15) is 13.6 Å². The number of carboxylic acid groups (broad SMARTS) is 1. The topological polar surface area (TPSA) is 55.1 Å². The second-order valence-electron chi connectivity index (χ2n) is 3.37. The van der Waals surface area contributed by atoms with Gasteiger partial charge in [0.2, 0.25) is 0 Å². The molecule has 0 saturated carbocycles.